The molecule has 0 radical (unpaired) electrons. The highest BCUT2D eigenvalue weighted by Crippen LogP contribution is 2.24. The Morgan fingerprint density at radius 3 is 2.39 bits per heavy atom. The fourth-order valence-corrected chi connectivity index (χ4v) is 3.98. The molecule has 0 aliphatic carbocycles. The van der Waals surface area contributed by atoms with Gasteiger partial charge in [0.1, 0.15) is 16.7 Å². The van der Waals surface area contributed by atoms with Gasteiger partial charge < -0.3 is 9.80 Å². The molecule has 3 aromatic rings. The maximum atomic E-state index is 12.8. The minimum Gasteiger partial charge on any atom is -0.365 e. The van der Waals surface area contributed by atoms with Gasteiger partial charge in [-0.3, -0.25) is 4.79 Å². The van der Waals surface area contributed by atoms with Crippen LogP contribution in [0.1, 0.15) is 36.8 Å². The highest BCUT2D eigenvalue weighted by molar-refractivity contribution is 6.33. The summed E-state index contributed by atoms with van der Waals surface area (Å²) in [6.07, 6.45) is 1.70. The quantitative estimate of drug-likeness (QED) is 0.607. The molecule has 4 rings (SSSR count). The van der Waals surface area contributed by atoms with Crippen LogP contribution in [-0.2, 0) is 6.54 Å². The van der Waals surface area contributed by atoms with E-state index in [-0.39, 0.29) is 16.5 Å². The summed E-state index contributed by atoms with van der Waals surface area (Å²) in [6, 6.07) is 11.8. The number of benzene rings is 1. The fourth-order valence-electron chi connectivity index (χ4n) is 3.72. The predicted molar refractivity (Wildman–Crippen MR) is 124 cm³/mol. The molecule has 0 atom stereocenters. The Morgan fingerprint density at radius 2 is 1.71 bits per heavy atom. The third-order valence-electron chi connectivity index (χ3n) is 5.46. The molecule has 8 heteroatoms. The molecule has 1 aliphatic heterocycles. The van der Waals surface area contributed by atoms with Gasteiger partial charge in [0, 0.05) is 43.9 Å². The van der Waals surface area contributed by atoms with E-state index in [1.807, 2.05) is 43.3 Å². The monoisotopic (exact) mass is 438 g/mol. The van der Waals surface area contributed by atoms with Crippen LogP contribution in [0.2, 0.25) is 5.02 Å². The van der Waals surface area contributed by atoms with Crippen LogP contribution in [-0.4, -0.2) is 45.9 Å². The highest BCUT2D eigenvalue weighted by Gasteiger charge is 2.23. The van der Waals surface area contributed by atoms with Gasteiger partial charge in [0.2, 0.25) is 0 Å². The molecule has 1 aromatic carbocycles. The first-order valence-electron chi connectivity index (χ1n) is 10.6. The van der Waals surface area contributed by atoms with Crippen molar-refractivity contribution >= 4 is 23.1 Å². The molecule has 0 saturated carbocycles. The average molecular weight is 439 g/mol. The maximum absolute atomic E-state index is 12.8. The van der Waals surface area contributed by atoms with E-state index in [9.17, 15) is 4.79 Å². The molecule has 31 heavy (non-hydrogen) atoms. The van der Waals surface area contributed by atoms with Crippen molar-refractivity contribution in [2.24, 2.45) is 0 Å². The van der Waals surface area contributed by atoms with Crippen LogP contribution in [0.5, 0.6) is 0 Å². The van der Waals surface area contributed by atoms with Crippen LogP contribution in [0.3, 0.4) is 0 Å². The lowest BCUT2D eigenvalue weighted by Crippen LogP contribution is -2.47. The van der Waals surface area contributed by atoms with Gasteiger partial charge in [-0.15, -0.1) is 0 Å². The van der Waals surface area contributed by atoms with Gasteiger partial charge in [-0.2, -0.15) is 5.10 Å². The zero-order valence-corrected chi connectivity index (χ0v) is 18.9. The molecule has 0 N–H and O–H groups in total. The summed E-state index contributed by atoms with van der Waals surface area (Å²) in [4.78, 5) is 26.4. The van der Waals surface area contributed by atoms with Crippen LogP contribution in [0, 0.1) is 6.92 Å². The summed E-state index contributed by atoms with van der Waals surface area (Å²) in [6.45, 7) is 9.67. The smallest absolute Gasteiger partial charge is 0.287 e. The van der Waals surface area contributed by atoms with E-state index in [1.165, 1.54) is 4.68 Å². The number of hydrogen-bond donors (Lipinski definition) is 0. The van der Waals surface area contributed by atoms with Crippen LogP contribution >= 0.6 is 11.6 Å². The Morgan fingerprint density at radius 1 is 1.03 bits per heavy atom. The topological polar surface area (TPSA) is 67.2 Å². The number of hydrogen-bond acceptors (Lipinski definition) is 6. The Kier molecular flexibility index (Phi) is 6.23. The maximum Gasteiger partial charge on any atom is 0.287 e. The standard InChI is InChI=1S/C23H27ClN6O/c1-16(2)22-26-17(3)13-20(27-22)29-11-9-28(10-12-29)19-14-25-30(23(31)21(19)24)15-18-7-5-4-6-8-18/h4-8,13-14,16H,9-12,15H2,1-3H3. The second kappa shape index (κ2) is 9.06. The van der Waals surface area contributed by atoms with Gasteiger partial charge in [-0.1, -0.05) is 55.8 Å². The Hall–Kier alpha value is -2.93. The van der Waals surface area contributed by atoms with E-state index >= 15 is 0 Å². The van der Waals surface area contributed by atoms with Gasteiger partial charge in [0.25, 0.3) is 5.56 Å². The van der Waals surface area contributed by atoms with E-state index in [4.69, 9.17) is 16.6 Å². The van der Waals surface area contributed by atoms with Crippen molar-refractivity contribution in [2.45, 2.75) is 33.2 Å². The molecular formula is C23H27ClN6O. The number of aryl methyl sites for hydroxylation is 1. The number of nitrogens with zero attached hydrogens (tertiary/aromatic N) is 6. The summed E-state index contributed by atoms with van der Waals surface area (Å²) < 4.78 is 1.41. The Labute approximate surface area is 187 Å². The first kappa shape index (κ1) is 21.3. The van der Waals surface area contributed by atoms with Crippen molar-refractivity contribution in [3.8, 4) is 0 Å². The lowest BCUT2D eigenvalue weighted by Gasteiger charge is -2.37. The molecule has 1 fully saturated rings. The normalized spacial score (nSPS) is 14.4. The van der Waals surface area contributed by atoms with Crippen LogP contribution in [0.25, 0.3) is 0 Å². The number of aromatic nitrogens is 4. The van der Waals surface area contributed by atoms with Gasteiger partial charge in [0.15, 0.2) is 0 Å². The molecule has 3 heterocycles. The van der Waals surface area contributed by atoms with Gasteiger partial charge in [-0.25, -0.2) is 14.6 Å². The number of rotatable bonds is 5. The lowest BCUT2D eigenvalue weighted by molar-refractivity contribution is 0.618. The van der Waals surface area contributed by atoms with Gasteiger partial charge in [0.05, 0.1) is 18.4 Å². The molecule has 1 aliphatic rings. The molecule has 0 amide bonds. The van der Waals surface area contributed by atoms with Gasteiger partial charge in [-0.05, 0) is 12.5 Å². The van der Waals surface area contributed by atoms with E-state index in [0.29, 0.717) is 12.2 Å². The third-order valence-corrected chi connectivity index (χ3v) is 5.82. The number of piperazine rings is 1. The van der Waals surface area contributed by atoms with Crippen molar-refractivity contribution in [1.82, 2.24) is 19.7 Å². The van der Waals surface area contributed by atoms with E-state index in [0.717, 1.165) is 49.1 Å². The number of halogens is 1. The molecule has 0 bridgehead atoms. The molecule has 1 saturated heterocycles. The van der Waals surface area contributed by atoms with Crippen molar-refractivity contribution < 1.29 is 0 Å². The first-order valence-corrected chi connectivity index (χ1v) is 10.9. The molecule has 0 spiro atoms. The predicted octanol–water partition coefficient (Wildman–Crippen LogP) is 3.49. The summed E-state index contributed by atoms with van der Waals surface area (Å²) >= 11 is 6.48. The minimum absolute atomic E-state index is 0.222. The second-order valence-electron chi connectivity index (χ2n) is 8.15. The summed E-state index contributed by atoms with van der Waals surface area (Å²) in [5.41, 5.74) is 2.41. The van der Waals surface area contributed by atoms with E-state index in [1.54, 1.807) is 6.20 Å². The van der Waals surface area contributed by atoms with Crippen molar-refractivity contribution in [2.75, 3.05) is 36.0 Å². The molecule has 0 unspecified atom stereocenters. The van der Waals surface area contributed by atoms with Gasteiger partial charge >= 0.3 is 0 Å². The molecule has 2 aromatic heterocycles. The Bertz CT molecular complexity index is 1110. The lowest BCUT2D eigenvalue weighted by atomic mass is 10.2. The van der Waals surface area contributed by atoms with Crippen molar-refractivity contribution in [3.05, 3.63) is 75.1 Å². The van der Waals surface area contributed by atoms with Crippen molar-refractivity contribution in [3.63, 3.8) is 0 Å². The van der Waals surface area contributed by atoms with Crippen molar-refractivity contribution in [1.29, 1.82) is 0 Å². The zero-order chi connectivity index (χ0) is 22.0. The molecular weight excluding hydrogens is 412 g/mol. The minimum atomic E-state index is -0.265. The number of anilines is 2. The van der Waals surface area contributed by atoms with E-state index in [2.05, 4.69) is 33.7 Å². The highest BCUT2D eigenvalue weighted by atomic mass is 35.5. The van der Waals surface area contributed by atoms with E-state index < -0.39 is 0 Å². The summed E-state index contributed by atoms with van der Waals surface area (Å²) in [5, 5.41) is 4.59. The summed E-state index contributed by atoms with van der Waals surface area (Å²) in [7, 11) is 0. The second-order valence-corrected chi connectivity index (χ2v) is 8.52. The fraction of sp³-hybridized carbons (Fsp3) is 0.391. The first-order chi connectivity index (χ1) is 14.9. The Balaban J connectivity index is 1.48. The SMILES string of the molecule is Cc1cc(N2CCN(c3cnn(Cc4ccccc4)c(=O)c3Cl)CC2)nc(C(C)C)n1. The third kappa shape index (κ3) is 4.71. The average Bonchev–Trinajstić information content (AvgIpc) is 2.77. The largest absolute Gasteiger partial charge is 0.365 e. The zero-order valence-electron chi connectivity index (χ0n) is 18.1. The molecule has 162 valence electrons. The molecule has 7 nitrogen and oxygen atoms in total. The summed E-state index contributed by atoms with van der Waals surface area (Å²) in [5.74, 6) is 2.11. The van der Waals surface area contributed by atoms with Crippen LogP contribution < -0.4 is 15.4 Å². The van der Waals surface area contributed by atoms with Crippen LogP contribution in [0.15, 0.2) is 47.4 Å². The van der Waals surface area contributed by atoms with Crippen LogP contribution in [0.4, 0.5) is 11.5 Å².